The first kappa shape index (κ1) is 48.6. The third kappa shape index (κ3) is 12.6. The number of hydrogen-bond acceptors (Lipinski definition) is 10. The maximum absolute atomic E-state index is 12.8. The van der Waals surface area contributed by atoms with Gasteiger partial charge < -0.3 is 9.97 Å². The highest BCUT2D eigenvalue weighted by Crippen LogP contribution is 2.34. The molecule has 7 N–H and O–H groups in total. The lowest BCUT2D eigenvalue weighted by molar-refractivity contribution is -0.0429. The van der Waals surface area contributed by atoms with Gasteiger partial charge in [0.1, 0.15) is 11.6 Å². The van der Waals surface area contributed by atoms with Gasteiger partial charge in [0.25, 0.3) is 0 Å². The molecule has 68 heavy (non-hydrogen) atoms. The fourth-order valence-electron chi connectivity index (χ4n) is 6.63. The quantitative estimate of drug-likeness (QED) is 0.0642. The van der Waals surface area contributed by atoms with Crippen LogP contribution < -0.4 is 19.3 Å². The van der Waals surface area contributed by atoms with Crippen LogP contribution in [0.15, 0.2) is 138 Å². The Balaban J connectivity index is 0.000000203. The molecule has 2 heterocycles. The molecule has 0 aliphatic rings. The number of anilines is 3. The SMILES string of the molecule is CS(=O)(=O)Nc1ccc(/C=C/c2nc3ccc(-c4ccccc4NS(=O)(=O)C(F)(F)F)cc3[nH]2)cc1.CS(=O)(=O)Nc1ccc(/C=C/c2nc3ccc(-c4ccccc4S(N)(=O)=O)cc3[nH]2)cc1. The van der Waals surface area contributed by atoms with Crippen LogP contribution in [0.2, 0.25) is 0 Å². The number of imidazole rings is 2. The Morgan fingerprint density at radius 3 is 1.40 bits per heavy atom. The monoisotopic (exact) mass is 1000 g/mol. The van der Waals surface area contributed by atoms with Crippen molar-refractivity contribution in [2.75, 3.05) is 26.7 Å². The van der Waals surface area contributed by atoms with Gasteiger partial charge in [0, 0.05) is 22.5 Å². The molecule has 0 bridgehead atoms. The minimum absolute atomic E-state index is 0.0628. The van der Waals surface area contributed by atoms with Crippen molar-refractivity contribution in [2.45, 2.75) is 10.4 Å². The zero-order valence-corrected chi connectivity index (χ0v) is 38.8. The summed E-state index contributed by atoms with van der Waals surface area (Å²) in [7, 11) is -16.1. The summed E-state index contributed by atoms with van der Waals surface area (Å²) in [6.45, 7) is 0. The molecular weight excluding hydrogens is 966 g/mol. The number of fused-ring (bicyclic) bond motifs is 2. The van der Waals surface area contributed by atoms with Gasteiger partial charge in [-0.1, -0.05) is 84.9 Å². The summed E-state index contributed by atoms with van der Waals surface area (Å²) >= 11 is 0. The number of aromatic nitrogens is 4. The highest BCUT2D eigenvalue weighted by atomic mass is 32.2. The zero-order chi connectivity index (χ0) is 49.1. The normalized spacial score (nSPS) is 12.6. The van der Waals surface area contributed by atoms with E-state index in [2.05, 4.69) is 29.4 Å². The van der Waals surface area contributed by atoms with Crippen LogP contribution >= 0.6 is 0 Å². The molecule has 352 valence electrons. The predicted molar refractivity (Wildman–Crippen MR) is 261 cm³/mol. The van der Waals surface area contributed by atoms with Crippen molar-refractivity contribution in [3.8, 4) is 22.3 Å². The summed E-state index contributed by atoms with van der Waals surface area (Å²) in [5.74, 6) is 1.13. The molecule has 0 unspecified atom stereocenters. The van der Waals surface area contributed by atoms with Gasteiger partial charge in [-0.15, -0.1) is 0 Å². The molecule has 0 fully saturated rings. The fraction of sp³-hybridized carbons (Fsp3) is 0.0667. The van der Waals surface area contributed by atoms with Gasteiger partial charge in [0.05, 0.1) is 45.2 Å². The number of halogens is 3. The summed E-state index contributed by atoms with van der Waals surface area (Å²) < 4.78 is 137. The second-order valence-corrected chi connectivity index (χ2v) is 21.7. The van der Waals surface area contributed by atoms with Crippen LogP contribution in [0.3, 0.4) is 0 Å². The number of benzene rings is 6. The van der Waals surface area contributed by atoms with Gasteiger partial charge in [-0.2, -0.15) is 21.6 Å². The van der Waals surface area contributed by atoms with E-state index in [1.165, 1.54) is 24.3 Å². The number of nitrogens with zero attached hydrogens (tertiary/aromatic N) is 2. The fourth-order valence-corrected chi connectivity index (χ4v) is 9.11. The summed E-state index contributed by atoms with van der Waals surface area (Å²) in [6, 6.07) is 36.4. The van der Waals surface area contributed by atoms with E-state index in [1.807, 2.05) is 18.2 Å². The van der Waals surface area contributed by atoms with E-state index in [0.717, 1.165) is 34.7 Å². The molecule has 0 saturated carbocycles. The number of alkyl halides is 3. The Bertz CT molecular complexity index is 3690. The lowest BCUT2D eigenvalue weighted by atomic mass is 10.0. The molecule has 6 aromatic carbocycles. The zero-order valence-electron chi connectivity index (χ0n) is 35.5. The van der Waals surface area contributed by atoms with Crippen molar-refractivity contribution in [3.05, 3.63) is 156 Å². The van der Waals surface area contributed by atoms with E-state index in [-0.39, 0.29) is 16.1 Å². The van der Waals surface area contributed by atoms with Crippen LogP contribution in [0.4, 0.5) is 30.2 Å². The van der Waals surface area contributed by atoms with Crippen LogP contribution in [0.25, 0.3) is 68.6 Å². The van der Waals surface area contributed by atoms with E-state index in [9.17, 15) is 46.8 Å². The van der Waals surface area contributed by atoms with Crippen molar-refractivity contribution < 1.29 is 46.8 Å². The molecule has 0 saturated heterocycles. The maximum atomic E-state index is 12.8. The second kappa shape index (κ2) is 19.1. The minimum Gasteiger partial charge on any atom is -0.338 e. The number of nitrogens with two attached hydrogens (primary N) is 1. The number of rotatable bonds is 13. The van der Waals surface area contributed by atoms with Crippen LogP contribution in [-0.4, -0.2) is 71.6 Å². The van der Waals surface area contributed by atoms with Crippen LogP contribution in [0.1, 0.15) is 22.8 Å². The van der Waals surface area contributed by atoms with E-state index in [4.69, 9.17) is 5.14 Å². The van der Waals surface area contributed by atoms with Crippen LogP contribution in [-0.2, 0) is 40.1 Å². The number of nitrogens with one attached hydrogen (secondary N) is 5. The lowest BCUT2D eigenvalue weighted by Gasteiger charge is -2.14. The highest BCUT2D eigenvalue weighted by Gasteiger charge is 2.46. The third-order valence-electron chi connectivity index (χ3n) is 9.59. The molecule has 8 aromatic rings. The molecule has 2 aromatic heterocycles. The molecule has 0 amide bonds. The molecule has 0 radical (unpaired) electrons. The number of aromatic amines is 2. The predicted octanol–water partition coefficient (Wildman–Crippen LogP) is 8.45. The average Bonchev–Trinajstić information content (AvgIpc) is 3.87. The molecule has 16 nitrogen and oxygen atoms in total. The smallest absolute Gasteiger partial charge is 0.338 e. The van der Waals surface area contributed by atoms with Crippen molar-refractivity contribution >= 4 is 104 Å². The molecule has 8 rings (SSSR count). The summed E-state index contributed by atoms with van der Waals surface area (Å²) in [6.07, 6.45) is 9.29. The van der Waals surface area contributed by atoms with Gasteiger partial charge >= 0.3 is 15.5 Å². The summed E-state index contributed by atoms with van der Waals surface area (Å²) in [4.78, 5) is 15.3. The Hall–Kier alpha value is -7.31. The maximum Gasteiger partial charge on any atom is 0.516 e. The summed E-state index contributed by atoms with van der Waals surface area (Å²) in [5, 5.41) is 5.36. The first-order chi connectivity index (χ1) is 31.9. The first-order valence-corrected chi connectivity index (χ1v) is 26.5. The van der Waals surface area contributed by atoms with Crippen molar-refractivity contribution in [1.82, 2.24) is 19.9 Å². The Morgan fingerprint density at radius 1 is 0.529 bits per heavy atom. The minimum atomic E-state index is -5.58. The van der Waals surface area contributed by atoms with E-state index < -0.39 is 45.6 Å². The van der Waals surface area contributed by atoms with E-state index in [1.54, 1.807) is 120 Å². The number of para-hydroxylation sites is 1. The topological polar surface area (TPSA) is 256 Å². The largest absolute Gasteiger partial charge is 0.516 e. The van der Waals surface area contributed by atoms with Crippen molar-refractivity contribution in [3.63, 3.8) is 0 Å². The molecular formula is C45H39F3N8O8S4. The van der Waals surface area contributed by atoms with Crippen molar-refractivity contribution in [1.29, 1.82) is 0 Å². The van der Waals surface area contributed by atoms with Gasteiger partial charge in [-0.05, 0) is 95.1 Å². The van der Waals surface area contributed by atoms with Gasteiger partial charge in [-0.25, -0.2) is 40.4 Å². The molecule has 23 heteroatoms. The van der Waals surface area contributed by atoms with Crippen LogP contribution in [0.5, 0.6) is 0 Å². The van der Waals surface area contributed by atoms with Crippen LogP contribution in [0, 0.1) is 0 Å². The lowest BCUT2D eigenvalue weighted by Crippen LogP contribution is -2.30. The second-order valence-electron chi connectivity index (χ2n) is 15.0. The van der Waals surface area contributed by atoms with E-state index >= 15 is 0 Å². The molecule has 0 aliphatic heterocycles. The Labute approximate surface area is 389 Å². The Morgan fingerprint density at radius 2 is 0.956 bits per heavy atom. The molecule has 0 aliphatic carbocycles. The molecule has 0 spiro atoms. The Kier molecular flexibility index (Phi) is 13.7. The molecule has 0 atom stereocenters. The highest BCUT2D eigenvalue weighted by molar-refractivity contribution is 7.93. The first-order valence-electron chi connectivity index (χ1n) is 19.7. The number of sulfonamides is 4. The average molecular weight is 1010 g/mol. The number of hydrogen-bond donors (Lipinski definition) is 6. The number of primary sulfonamides is 1. The van der Waals surface area contributed by atoms with Gasteiger partial charge in [-0.3, -0.25) is 14.2 Å². The number of H-pyrrole nitrogens is 2. The summed E-state index contributed by atoms with van der Waals surface area (Å²) in [5.41, 5.74) is 1.57. The van der Waals surface area contributed by atoms with Crippen molar-refractivity contribution in [2.24, 2.45) is 5.14 Å². The van der Waals surface area contributed by atoms with Gasteiger partial charge in [0.2, 0.25) is 30.1 Å². The van der Waals surface area contributed by atoms with Gasteiger partial charge in [0.15, 0.2) is 0 Å². The third-order valence-corrected chi connectivity index (χ3v) is 12.9. The standard InChI is InChI=1S/C23H19F3N4O4S2.C22H20N4O4S2/c1-35(31,32)29-17-10-6-15(7-11-17)8-13-22-27-20-12-9-16(14-21(20)28-22)18-4-2-3-5-19(18)30-36(33,34)23(24,25)26;1-31(27,28)26-17-10-6-15(7-11-17)8-13-22-24-19-12-9-16(14-20(19)25-22)18-4-2-3-5-21(18)32(23,29)30/h2-14,29-30H,1H3,(H,27,28);2-14,26H,1H3,(H,24,25)(H2,23,29,30)/b2*13-8+. The van der Waals surface area contributed by atoms with E-state index in [0.29, 0.717) is 50.7 Å².